The highest BCUT2D eigenvalue weighted by Gasteiger charge is 2.23. The molecule has 3 aromatic heterocycles. The molecule has 34 heavy (non-hydrogen) atoms. The monoisotopic (exact) mass is 497 g/mol. The van der Waals surface area contributed by atoms with Gasteiger partial charge in [0.1, 0.15) is 12.2 Å². The number of carbonyl (C=O) groups is 1. The maximum absolute atomic E-state index is 13.3. The van der Waals surface area contributed by atoms with Crippen LogP contribution >= 0.6 is 22.7 Å². The van der Waals surface area contributed by atoms with Gasteiger partial charge in [0.25, 0.3) is 5.56 Å². The summed E-state index contributed by atoms with van der Waals surface area (Å²) in [5.41, 5.74) is 1.18. The van der Waals surface area contributed by atoms with Crippen molar-refractivity contribution in [2.24, 2.45) is 0 Å². The number of thiophene rings is 1. The number of ether oxygens (including phenoxy) is 2. The first-order chi connectivity index (χ1) is 16.6. The number of hydrogen-bond acceptors (Lipinski definition) is 9. The van der Waals surface area contributed by atoms with Crippen molar-refractivity contribution < 1.29 is 14.3 Å². The fourth-order valence-electron chi connectivity index (χ4n) is 3.92. The molecule has 1 aromatic carbocycles. The van der Waals surface area contributed by atoms with Crippen LogP contribution in [-0.2, 0) is 11.3 Å². The lowest BCUT2D eigenvalue weighted by atomic mass is 10.2. The Labute approximate surface area is 203 Å². The lowest BCUT2D eigenvalue weighted by molar-refractivity contribution is -0.117. The zero-order valence-corrected chi connectivity index (χ0v) is 20.4. The van der Waals surface area contributed by atoms with Gasteiger partial charge in [-0.3, -0.25) is 9.59 Å². The molecular weight excluding hydrogens is 474 g/mol. The van der Waals surface area contributed by atoms with Gasteiger partial charge in [-0.15, -0.1) is 11.3 Å². The normalized spacial score (nSPS) is 13.4. The molecule has 1 saturated heterocycles. The number of rotatable bonds is 7. The minimum absolute atomic E-state index is 0.238. The van der Waals surface area contributed by atoms with E-state index < -0.39 is 0 Å². The minimum Gasteiger partial charge on any atom is -0.493 e. The van der Waals surface area contributed by atoms with Crippen molar-refractivity contribution in [1.29, 1.82) is 0 Å². The Morgan fingerprint density at radius 1 is 1.15 bits per heavy atom. The third-order valence-electron chi connectivity index (χ3n) is 5.58. The second-order valence-electron chi connectivity index (χ2n) is 7.77. The average molecular weight is 498 g/mol. The van der Waals surface area contributed by atoms with Crippen LogP contribution in [-0.4, -0.2) is 48.0 Å². The molecule has 0 bridgehead atoms. The summed E-state index contributed by atoms with van der Waals surface area (Å²) >= 11 is 3.03. The van der Waals surface area contributed by atoms with Crippen molar-refractivity contribution in [3.8, 4) is 22.1 Å². The fourth-order valence-corrected chi connectivity index (χ4v) is 5.81. The van der Waals surface area contributed by atoms with Crippen LogP contribution in [0.25, 0.3) is 20.8 Å². The van der Waals surface area contributed by atoms with Gasteiger partial charge in [-0.25, -0.2) is 9.67 Å². The molecule has 4 heterocycles. The Bertz CT molecular complexity index is 1390. The summed E-state index contributed by atoms with van der Waals surface area (Å²) in [6.45, 7) is 1.63. The molecule has 1 fully saturated rings. The number of hydrogen-bond donors (Lipinski definition) is 1. The average Bonchev–Trinajstić information content (AvgIpc) is 3.62. The minimum atomic E-state index is -0.381. The molecule has 0 atom stereocenters. The second-order valence-corrected chi connectivity index (χ2v) is 9.70. The van der Waals surface area contributed by atoms with E-state index in [1.807, 2.05) is 17.5 Å². The number of thiazole rings is 1. The van der Waals surface area contributed by atoms with E-state index in [4.69, 9.17) is 9.47 Å². The molecule has 1 aliphatic rings. The molecule has 0 unspecified atom stereocenters. The van der Waals surface area contributed by atoms with Crippen molar-refractivity contribution in [3.05, 3.63) is 46.1 Å². The topological polar surface area (TPSA) is 98.6 Å². The summed E-state index contributed by atoms with van der Waals surface area (Å²) in [5.74, 6) is 0.670. The van der Waals surface area contributed by atoms with Crippen molar-refractivity contribution in [2.75, 3.05) is 37.5 Å². The summed E-state index contributed by atoms with van der Waals surface area (Å²) in [4.78, 5) is 33.9. The van der Waals surface area contributed by atoms with Crippen LogP contribution in [0.3, 0.4) is 0 Å². The molecule has 1 N–H and O–H groups in total. The molecular formula is C23H23N5O4S2. The number of nitrogens with zero attached hydrogens (tertiary/aromatic N) is 4. The Morgan fingerprint density at radius 3 is 2.65 bits per heavy atom. The quantitative estimate of drug-likeness (QED) is 0.414. The number of amides is 1. The van der Waals surface area contributed by atoms with E-state index in [9.17, 15) is 9.59 Å². The number of methoxy groups -OCH3 is 2. The molecule has 1 aliphatic heterocycles. The van der Waals surface area contributed by atoms with Gasteiger partial charge in [-0.1, -0.05) is 17.4 Å². The summed E-state index contributed by atoms with van der Waals surface area (Å²) < 4.78 is 12.5. The van der Waals surface area contributed by atoms with E-state index in [1.165, 1.54) is 34.5 Å². The Morgan fingerprint density at radius 2 is 1.94 bits per heavy atom. The van der Waals surface area contributed by atoms with E-state index in [0.29, 0.717) is 28.4 Å². The molecule has 0 spiro atoms. The molecule has 0 saturated carbocycles. The fraction of sp³-hybridized carbons (Fsp3) is 0.304. The first-order valence-electron chi connectivity index (χ1n) is 10.8. The van der Waals surface area contributed by atoms with Gasteiger partial charge in [-0.2, -0.15) is 5.10 Å². The summed E-state index contributed by atoms with van der Waals surface area (Å²) in [7, 11) is 3.07. The number of carbonyl (C=O) groups excluding carboxylic acids is 1. The van der Waals surface area contributed by atoms with Crippen LogP contribution in [0.1, 0.15) is 12.8 Å². The van der Waals surface area contributed by atoms with Crippen molar-refractivity contribution >= 4 is 49.6 Å². The van der Waals surface area contributed by atoms with Gasteiger partial charge in [-0.05, 0) is 36.4 Å². The molecule has 9 nitrogen and oxygen atoms in total. The van der Waals surface area contributed by atoms with Crippen molar-refractivity contribution in [3.63, 3.8) is 0 Å². The maximum atomic E-state index is 13.3. The molecule has 5 rings (SSSR count). The lowest BCUT2D eigenvalue weighted by Gasteiger charge is -2.11. The zero-order chi connectivity index (χ0) is 23.7. The SMILES string of the molecule is COc1ccc(NC(=O)Cn2nc(-c3cccs3)c3sc(N4CCCC4)nc3c2=O)cc1OC. The molecule has 1 amide bonds. The van der Waals surface area contributed by atoms with Gasteiger partial charge in [0.2, 0.25) is 5.91 Å². The van der Waals surface area contributed by atoms with Crippen molar-refractivity contribution in [1.82, 2.24) is 14.8 Å². The van der Waals surface area contributed by atoms with Gasteiger partial charge in [0, 0.05) is 24.8 Å². The first kappa shape index (κ1) is 22.4. The highest BCUT2D eigenvalue weighted by Crippen LogP contribution is 2.36. The van der Waals surface area contributed by atoms with Gasteiger partial charge < -0.3 is 19.7 Å². The summed E-state index contributed by atoms with van der Waals surface area (Å²) in [6, 6.07) is 8.97. The largest absolute Gasteiger partial charge is 0.493 e. The second kappa shape index (κ2) is 9.43. The Hall–Kier alpha value is -3.44. The van der Waals surface area contributed by atoms with E-state index in [2.05, 4.69) is 20.3 Å². The van der Waals surface area contributed by atoms with Crippen molar-refractivity contribution in [2.45, 2.75) is 19.4 Å². The first-order valence-corrected chi connectivity index (χ1v) is 12.5. The number of nitrogens with one attached hydrogen (secondary N) is 1. The van der Waals surface area contributed by atoms with Gasteiger partial charge in [0.05, 0.1) is 23.8 Å². The van der Waals surface area contributed by atoms with Gasteiger partial charge in [0.15, 0.2) is 22.1 Å². The Balaban J connectivity index is 1.48. The number of fused-ring (bicyclic) bond motifs is 1. The maximum Gasteiger partial charge on any atom is 0.294 e. The number of benzene rings is 1. The molecule has 0 radical (unpaired) electrons. The molecule has 11 heteroatoms. The predicted octanol–water partition coefficient (Wildman–Crippen LogP) is 3.84. The molecule has 0 aliphatic carbocycles. The third kappa shape index (κ3) is 4.24. The van der Waals surface area contributed by atoms with E-state index in [0.717, 1.165) is 40.6 Å². The Kier molecular flexibility index (Phi) is 6.20. The van der Waals surface area contributed by atoms with E-state index in [1.54, 1.807) is 25.3 Å². The third-order valence-corrected chi connectivity index (χ3v) is 7.58. The number of anilines is 2. The van der Waals surface area contributed by atoms with Crippen LogP contribution in [0.15, 0.2) is 40.5 Å². The van der Waals surface area contributed by atoms with E-state index >= 15 is 0 Å². The van der Waals surface area contributed by atoms with Crippen LogP contribution < -0.4 is 25.2 Å². The van der Waals surface area contributed by atoms with Crippen LogP contribution in [0.4, 0.5) is 10.8 Å². The van der Waals surface area contributed by atoms with E-state index in [-0.39, 0.29) is 18.0 Å². The standard InChI is InChI=1S/C23H23N5O4S2/c1-31-15-8-7-14(12-16(15)32-2)24-18(29)13-28-22(30)20-21(19(26-28)17-6-5-11-33-17)34-23(25-20)27-9-3-4-10-27/h5-8,11-12H,3-4,9-10,13H2,1-2H3,(H,24,29). The van der Waals surface area contributed by atoms with Crippen LogP contribution in [0.5, 0.6) is 11.5 Å². The van der Waals surface area contributed by atoms with Gasteiger partial charge >= 0.3 is 0 Å². The summed E-state index contributed by atoms with van der Waals surface area (Å²) in [6.07, 6.45) is 2.24. The smallest absolute Gasteiger partial charge is 0.294 e. The van der Waals surface area contributed by atoms with Crippen LogP contribution in [0.2, 0.25) is 0 Å². The van der Waals surface area contributed by atoms with Crippen LogP contribution in [0, 0.1) is 0 Å². The number of aromatic nitrogens is 3. The highest BCUT2D eigenvalue weighted by molar-refractivity contribution is 7.23. The molecule has 4 aromatic rings. The predicted molar refractivity (Wildman–Crippen MR) is 135 cm³/mol. The highest BCUT2D eigenvalue weighted by atomic mass is 32.1. The summed E-state index contributed by atoms with van der Waals surface area (Å²) in [5, 5.41) is 10.2. The zero-order valence-electron chi connectivity index (χ0n) is 18.7. The lowest BCUT2D eigenvalue weighted by Crippen LogP contribution is -2.30. The molecule has 176 valence electrons.